The minimum Gasteiger partial charge on any atom is -0.455 e. The number of ether oxygens (including phenoxy) is 2. The molecule has 1 saturated heterocycles. The van der Waals surface area contributed by atoms with Crippen LogP contribution in [0.25, 0.3) is 0 Å². The number of carbonyl (C=O) groups excluding carboxylic acids is 1. The van der Waals surface area contributed by atoms with Crippen LogP contribution >= 0.6 is 0 Å². The van der Waals surface area contributed by atoms with E-state index in [1.165, 1.54) is 6.07 Å². The third-order valence-electron chi connectivity index (χ3n) is 4.84. The molecule has 0 N–H and O–H groups in total. The summed E-state index contributed by atoms with van der Waals surface area (Å²) in [5.41, 5.74) is 1.89. The van der Waals surface area contributed by atoms with Gasteiger partial charge in [-0.25, -0.2) is 4.39 Å². The molecule has 7 heteroatoms. The average molecular weight is 393 g/mol. The maximum atomic E-state index is 14.2. The quantitative estimate of drug-likeness (QED) is 0.659. The standard InChI is InChI=1S/C22H20FN3O3/c1-15-20(7-4-9-25-15)29-21-8-10-24-11-17(21)19-13-28-14-22(27)26(19)12-16-5-2-3-6-18(16)23/h2-11,19H,12-14H2,1H3. The lowest BCUT2D eigenvalue weighted by atomic mass is 10.0. The minimum atomic E-state index is -0.448. The van der Waals surface area contributed by atoms with Gasteiger partial charge in [0.15, 0.2) is 0 Å². The van der Waals surface area contributed by atoms with Crippen LogP contribution in [0.1, 0.15) is 22.9 Å². The molecule has 1 atom stereocenters. The largest absolute Gasteiger partial charge is 0.455 e. The molecule has 1 unspecified atom stereocenters. The summed E-state index contributed by atoms with van der Waals surface area (Å²) in [5, 5.41) is 0. The van der Waals surface area contributed by atoms with Gasteiger partial charge in [-0.05, 0) is 31.2 Å². The van der Waals surface area contributed by atoms with Crippen molar-refractivity contribution in [3.63, 3.8) is 0 Å². The summed E-state index contributed by atoms with van der Waals surface area (Å²) in [6.07, 6.45) is 4.97. The monoisotopic (exact) mass is 393 g/mol. The third kappa shape index (κ3) is 4.09. The van der Waals surface area contributed by atoms with Crippen molar-refractivity contribution in [3.05, 3.63) is 83.7 Å². The first-order chi connectivity index (χ1) is 14.1. The van der Waals surface area contributed by atoms with Crippen molar-refractivity contribution in [1.82, 2.24) is 14.9 Å². The second-order valence-electron chi connectivity index (χ2n) is 6.75. The van der Waals surface area contributed by atoms with Crippen molar-refractivity contribution >= 4 is 5.91 Å². The zero-order chi connectivity index (χ0) is 20.2. The molecule has 0 aliphatic carbocycles. The van der Waals surface area contributed by atoms with Crippen LogP contribution < -0.4 is 4.74 Å². The van der Waals surface area contributed by atoms with Gasteiger partial charge in [0.25, 0.3) is 0 Å². The summed E-state index contributed by atoms with van der Waals surface area (Å²) in [4.78, 5) is 22.7. The van der Waals surface area contributed by atoms with Crippen LogP contribution in [0.5, 0.6) is 11.5 Å². The summed E-state index contributed by atoms with van der Waals surface area (Å²) in [6, 6.07) is 11.3. The zero-order valence-electron chi connectivity index (χ0n) is 15.9. The van der Waals surface area contributed by atoms with Crippen LogP contribution in [0.15, 0.2) is 61.1 Å². The SMILES string of the molecule is Cc1ncccc1Oc1ccncc1C1COCC(=O)N1Cc1ccccc1F. The Morgan fingerprint density at radius 3 is 2.86 bits per heavy atom. The van der Waals surface area contributed by atoms with E-state index in [4.69, 9.17) is 9.47 Å². The van der Waals surface area contributed by atoms with E-state index < -0.39 is 6.04 Å². The van der Waals surface area contributed by atoms with Crippen molar-refractivity contribution < 1.29 is 18.7 Å². The van der Waals surface area contributed by atoms with Crippen LogP contribution in [0, 0.1) is 12.7 Å². The summed E-state index contributed by atoms with van der Waals surface area (Å²) in [5.74, 6) is 0.609. The van der Waals surface area contributed by atoms with E-state index in [1.807, 2.05) is 13.0 Å². The first kappa shape index (κ1) is 19.0. The van der Waals surface area contributed by atoms with Gasteiger partial charge in [-0.3, -0.25) is 14.8 Å². The Hall–Kier alpha value is -3.32. The molecular weight excluding hydrogens is 373 g/mol. The van der Waals surface area contributed by atoms with E-state index in [2.05, 4.69) is 9.97 Å². The van der Waals surface area contributed by atoms with Gasteiger partial charge in [-0.2, -0.15) is 0 Å². The molecule has 3 aromatic rings. The van der Waals surface area contributed by atoms with Gasteiger partial charge < -0.3 is 14.4 Å². The fraction of sp³-hybridized carbons (Fsp3) is 0.227. The maximum Gasteiger partial charge on any atom is 0.249 e. The molecule has 1 aliphatic heterocycles. The number of aromatic nitrogens is 2. The summed E-state index contributed by atoms with van der Waals surface area (Å²) in [7, 11) is 0. The highest BCUT2D eigenvalue weighted by Gasteiger charge is 2.33. The molecule has 6 nitrogen and oxygen atoms in total. The van der Waals surface area contributed by atoms with E-state index in [0.29, 0.717) is 22.6 Å². The molecule has 4 rings (SSSR count). The maximum absolute atomic E-state index is 14.2. The van der Waals surface area contributed by atoms with E-state index in [0.717, 1.165) is 5.69 Å². The Kier molecular flexibility index (Phi) is 5.48. The number of rotatable bonds is 5. The predicted octanol–water partition coefficient (Wildman–Crippen LogP) is 3.82. The number of hydrogen-bond acceptors (Lipinski definition) is 5. The van der Waals surface area contributed by atoms with Crippen molar-refractivity contribution in [2.75, 3.05) is 13.2 Å². The van der Waals surface area contributed by atoms with Crippen molar-refractivity contribution in [3.8, 4) is 11.5 Å². The smallest absolute Gasteiger partial charge is 0.249 e. The Morgan fingerprint density at radius 2 is 2.03 bits per heavy atom. The number of nitrogens with zero attached hydrogens (tertiary/aromatic N) is 3. The van der Waals surface area contributed by atoms with Gasteiger partial charge in [0.05, 0.1) is 18.3 Å². The highest BCUT2D eigenvalue weighted by atomic mass is 19.1. The molecule has 0 radical (unpaired) electrons. The number of amides is 1. The van der Waals surface area contributed by atoms with E-state index in [9.17, 15) is 9.18 Å². The Balaban J connectivity index is 1.67. The molecule has 0 bridgehead atoms. The third-order valence-corrected chi connectivity index (χ3v) is 4.84. The van der Waals surface area contributed by atoms with Crippen LogP contribution in [0.4, 0.5) is 4.39 Å². The number of pyridine rings is 2. The molecule has 1 fully saturated rings. The molecule has 3 heterocycles. The Bertz CT molecular complexity index is 1030. The van der Waals surface area contributed by atoms with Gasteiger partial charge in [-0.1, -0.05) is 18.2 Å². The molecule has 2 aromatic heterocycles. The van der Waals surface area contributed by atoms with Crippen molar-refractivity contribution in [2.24, 2.45) is 0 Å². The lowest BCUT2D eigenvalue weighted by Crippen LogP contribution is -2.43. The van der Waals surface area contributed by atoms with Gasteiger partial charge in [0.2, 0.25) is 5.91 Å². The highest BCUT2D eigenvalue weighted by molar-refractivity contribution is 5.78. The zero-order valence-corrected chi connectivity index (χ0v) is 15.9. The molecule has 0 saturated carbocycles. The van der Waals surface area contributed by atoms with Gasteiger partial charge in [0, 0.05) is 36.3 Å². The van der Waals surface area contributed by atoms with E-state index in [-0.39, 0.29) is 31.5 Å². The number of morpholine rings is 1. The second-order valence-corrected chi connectivity index (χ2v) is 6.75. The fourth-order valence-corrected chi connectivity index (χ4v) is 3.30. The van der Waals surface area contributed by atoms with Gasteiger partial charge in [0.1, 0.15) is 23.9 Å². The van der Waals surface area contributed by atoms with Crippen molar-refractivity contribution in [1.29, 1.82) is 0 Å². The van der Waals surface area contributed by atoms with E-state index >= 15 is 0 Å². The first-order valence-electron chi connectivity index (χ1n) is 9.27. The van der Waals surface area contributed by atoms with Crippen molar-refractivity contribution in [2.45, 2.75) is 19.5 Å². The summed E-state index contributed by atoms with van der Waals surface area (Å²) < 4.78 is 25.8. The number of benzene rings is 1. The summed E-state index contributed by atoms with van der Waals surface area (Å²) >= 11 is 0. The summed E-state index contributed by atoms with van der Waals surface area (Å²) in [6.45, 7) is 2.23. The fourth-order valence-electron chi connectivity index (χ4n) is 3.30. The molecule has 148 valence electrons. The van der Waals surface area contributed by atoms with Crippen LogP contribution in [-0.4, -0.2) is 34.0 Å². The highest BCUT2D eigenvalue weighted by Crippen LogP contribution is 2.35. The average Bonchev–Trinajstić information content (AvgIpc) is 2.73. The molecule has 29 heavy (non-hydrogen) atoms. The second kappa shape index (κ2) is 8.36. The van der Waals surface area contributed by atoms with Gasteiger partial charge in [-0.15, -0.1) is 0 Å². The van der Waals surface area contributed by atoms with Crippen LogP contribution in [-0.2, 0) is 16.1 Å². The molecule has 1 aliphatic rings. The minimum absolute atomic E-state index is 0.0386. The van der Waals surface area contributed by atoms with E-state index in [1.54, 1.807) is 53.8 Å². The number of hydrogen-bond donors (Lipinski definition) is 0. The molecule has 1 amide bonds. The normalized spacial score (nSPS) is 16.7. The topological polar surface area (TPSA) is 64.6 Å². The molecule has 0 spiro atoms. The lowest BCUT2D eigenvalue weighted by molar-refractivity contribution is -0.149. The Morgan fingerprint density at radius 1 is 1.17 bits per heavy atom. The van der Waals surface area contributed by atoms with Crippen LogP contribution in [0.2, 0.25) is 0 Å². The molecule has 1 aromatic carbocycles. The predicted molar refractivity (Wildman–Crippen MR) is 104 cm³/mol. The Labute approximate surface area is 167 Å². The molecular formula is C22H20FN3O3. The number of aryl methyl sites for hydroxylation is 1. The number of carbonyl (C=O) groups is 1. The first-order valence-corrected chi connectivity index (χ1v) is 9.27. The van der Waals surface area contributed by atoms with Gasteiger partial charge >= 0.3 is 0 Å². The lowest BCUT2D eigenvalue weighted by Gasteiger charge is -2.36. The number of halogens is 1. The van der Waals surface area contributed by atoms with Crippen LogP contribution in [0.3, 0.4) is 0 Å².